The molecule has 3 aromatic carbocycles. The third-order valence-corrected chi connectivity index (χ3v) is 3.91. The molecule has 3 rings (SSSR count). The van der Waals surface area contributed by atoms with Crippen LogP contribution in [0.2, 0.25) is 0 Å². The van der Waals surface area contributed by atoms with E-state index in [1.54, 1.807) is 42.5 Å². The predicted octanol–water partition coefficient (Wildman–Crippen LogP) is 4.20. The summed E-state index contributed by atoms with van der Waals surface area (Å²) in [5, 5.41) is 13.4. The van der Waals surface area contributed by atoms with E-state index < -0.39 is 10.9 Å². The average Bonchev–Trinajstić information content (AvgIpc) is 2.73. The second-order valence-corrected chi connectivity index (χ2v) is 5.90. The third kappa shape index (κ3) is 4.79. The van der Waals surface area contributed by atoms with Gasteiger partial charge >= 0.3 is 5.97 Å². The van der Waals surface area contributed by atoms with Gasteiger partial charge in [-0.05, 0) is 48.0 Å². The van der Waals surface area contributed by atoms with Crippen LogP contribution >= 0.6 is 0 Å². The van der Waals surface area contributed by atoms with Gasteiger partial charge in [-0.1, -0.05) is 24.3 Å². The molecule has 0 aliphatic rings. The Morgan fingerprint density at radius 2 is 1.57 bits per heavy atom. The summed E-state index contributed by atoms with van der Waals surface area (Å²) >= 11 is 0. The van der Waals surface area contributed by atoms with Gasteiger partial charge in [-0.2, -0.15) is 0 Å². The van der Waals surface area contributed by atoms with Crippen LogP contribution in [0, 0.1) is 10.1 Å². The Labute approximate surface area is 160 Å². The lowest BCUT2D eigenvalue weighted by molar-refractivity contribution is -0.384. The van der Waals surface area contributed by atoms with E-state index in [1.165, 1.54) is 30.3 Å². The summed E-state index contributed by atoms with van der Waals surface area (Å²) in [6.07, 6.45) is 0. The maximum atomic E-state index is 12.3. The van der Waals surface area contributed by atoms with Gasteiger partial charge in [0.15, 0.2) is 0 Å². The van der Waals surface area contributed by atoms with E-state index in [1.807, 2.05) is 6.07 Å². The molecule has 7 heteroatoms. The lowest BCUT2D eigenvalue weighted by Gasteiger charge is -2.08. The Bertz CT molecular complexity index is 1000. The van der Waals surface area contributed by atoms with E-state index in [0.717, 1.165) is 0 Å². The van der Waals surface area contributed by atoms with Crippen molar-refractivity contribution in [3.8, 4) is 0 Å². The second-order valence-electron chi connectivity index (χ2n) is 5.90. The summed E-state index contributed by atoms with van der Waals surface area (Å²) < 4.78 is 5.24. The molecule has 1 N–H and O–H groups in total. The van der Waals surface area contributed by atoms with Gasteiger partial charge in [0.1, 0.15) is 6.61 Å². The fourth-order valence-electron chi connectivity index (χ4n) is 2.46. The summed E-state index contributed by atoms with van der Waals surface area (Å²) in [5.74, 6) is -0.842. The molecule has 0 unspecified atom stereocenters. The van der Waals surface area contributed by atoms with E-state index in [2.05, 4.69) is 5.32 Å². The van der Waals surface area contributed by atoms with Crippen LogP contribution < -0.4 is 5.32 Å². The topological polar surface area (TPSA) is 98.5 Å². The summed E-state index contributed by atoms with van der Waals surface area (Å²) in [6, 6.07) is 20.9. The number of nitrogens with zero attached hydrogens (tertiary/aromatic N) is 1. The van der Waals surface area contributed by atoms with Gasteiger partial charge in [-0.3, -0.25) is 14.9 Å². The Hall–Kier alpha value is -4.00. The molecule has 0 aliphatic carbocycles. The predicted molar refractivity (Wildman–Crippen MR) is 103 cm³/mol. The zero-order valence-electron chi connectivity index (χ0n) is 14.7. The van der Waals surface area contributed by atoms with Crippen molar-refractivity contribution < 1.29 is 19.2 Å². The maximum absolute atomic E-state index is 12.3. The van der Waals surface area contributed by atoms with Crippen molar-refractivity contribution in [1.82, 2.24) is 0 Å². The van der Waals surface area contributed by atoms with Crippen molar-refractivity contribution in [2.75, 3.05) is 5.32 Å². The van der Waals surface area contributed by atoms with Crippen LogP contribution in [-0.4, -0.2) is 16.8 Å². The number of amides is 1. The van der Waals surface area contributed by atoms with Crippen molar-refractivity contribution >= 4 is 23.3 Å². The third-order valence-electron chi connectivity index (χ3n) is 3.91. The minimum atomic E-state index is -0.561. The first kappa shape index (κ1) is 18.8. The minimum Gasteiger partial charge on any atom is -0.457 e. The molecule has 0 spiro atoms. The smallest absolute Gasteiger partial charge is 0.338 e. The van der Waals surface area contributed by atoms with Crippen LogP contribution in [0.4, 0.5) is 11.4 Å². The highest BCUT2D eigenvalue weighted by Crippen LogP contribution is 2.16. The number of hydrogen-bond acceptors (Lipinski definition) is 5. The van der Waals surface area contributed by atoms with Crippen LogP contribution in [0.5, 0.6) is 0 Å². The summed E-state index contributed by atoms with van der Waals surface area (Å²) in [4.78, 5) is 34.6. The Kier molecular flexibility index (Phi) is 5.76. The molecule has 3 aromatic rings. The lowest BCUT2D eigenvalue weighted by Crippen LogP contribution is -2.12. The molecule has 0 saturated heterocycles. The van der Waals surface area contributed by atoms with E-state index in [9.17, 15) is 19.7 Å². The standard InChI is InChI=1S/C21H16N2O5/c24-20(16-5-2-1-3-6-16)22-18-8-4-7-17(13-18)21(25)28-14-15-9-11-19(12-10-15)23(26)27/h1-13H,14H2,(H,22,24). The highest BCUT2D eigenvalue weighted by atomic mass is 16.6. The number of nitrogens with one attached hydrogen (secondary N) is 1. The highest BCUT2D eigenvalue weighted by Gasteiger charge is 2.11. The van der Waals surface area contributed by atoms with Crippen LogP contribution in [0.3, 0.4) is 0 Å². The molecular weight excluding hydrogens is 360 g/mol. The van der Waals surface area contributed by atoms with Crippen LogP contribution in [-0.2, 0) is 11.3 Å². The Balaban J connectivity index is 1.62. The molecule has 28 heavy (non-hydrogen) atoms. The number of carbonyl (C=O) groups is 2. The van der Waals surface area contributed by atoms with Crippen molar-refractivity contribution in [3.05, 3.63) is 106 Å². The van der Waals surface area contributed by atoms with Gasteiger partial charge in [0, 0.05) is 23.4 Å². The van der Waals surface area contributed by atoms with Gasteiger partial charge in [-0.15, -0.1) is 0 Å². The fraction of sp³-hybridized carbons (Fsp3) is 0.0476. The zero-order chi connectivity index (χ0) is 19.9. The average molecular weight is 376 g/mol. The number of nitro benzene ring substituents is 1. The van der Waals surface area contributed by atoms with Crippen LogP contribution in [0.1, 0.15) is 26.3 Å². The molecule has 0 heterocycles. The Morgan fingerprint density at radius 3 is 2.25 bits per heavy atom. The van der Waals surface area contributed by atoms with E-state index in [4.69, 9.17) is 4.74 Å². The van der Waals surface area contributed by atoms with Gasteiger partial charge < -0.3 is 10.1 Å². The number of benzene rings is 3. The molecule has 0 bridgehead atoms. The van der Waals surface area contributed by atoms with Crippen LogP contribution in [0.15, 0.2) is 78.9 Å². The van der Waals surface area contributed by atoms with Crippen molar-refractivity contribution in [2.45, 2.75) is 6.61 Å². The van der Waals surface area contributed by atoms with Crippen LogP contribution in [0.25, 0.3) is 0 Å². The van der Waals surface area contributed by atoms with E-state index >= 15 is 0 Å². The summed E-state index contributed by atoms with van der Waals surface area (Å²) in [5.41, 5.74) is 1.87. The molecule has 7 nitrogen and oxygen atoms in total. The Morgan fingerprint density at radius 1 is 0.893 bits per heavy atom. The van der Waals surface area contributed by atoms with E-state index in [0.29, 0.717) is 16.8 Å². The molecule has 0 fully saturated rings. The maximum Gasteiger partial charge on any atom is 0.338 e. The minimum absolute atomic E-state index is 0.0164. The van der Waals surface area contributed by atoms with Crippen molar-refractivity contribution in [1.29, 1.82) is 0 Å². The summed E-state index contributed by atoms with van der Waals surface area (Å²) in [7, 11) is 0. The second kappa shape index (κ2) is 8.59. The fourth-order valence-corrected chi connectivity index (χ4v) is 2.46. The first-order valence-corrected chi connectivity index (χ1v) is 8.40. The zero-order valence-corrected chi connectivity index (χ0v) is 14.7. The SMILES string of the molecule is O=C(Nc1cccc(C(=O)OCc2ccc([N+](=O)[O-])cc2)c1)c1ccccc1. The van der Waals surface area contributed by atoms with E-state index in [-0.39, 0.29) is 23.8 Å². The van der Waals surface area contributed by atoms with Gasteiger partial charge in [-0.25, -0.2) is 4.79 Å². The number of rotatable bonds is 6. The van der Waals surface area contributed by atoms with Crippen molar-refractivity contribution in [3.63, 3.8) is 0 Å². The number of carbonyl (C=O) groups excluding carboxylic acids is 2. The molecule has 0 radical (unpaired) electrons. The highest BCUT2D eigenvalue weighted by molar-refractivity contribution is 6.04. The molecular formula is C21H16N2O5. The first-order chi connectivity index (χ1) is 13.5. The molecule has 0 aromatic heterocycles. The molecule has 0 aliphatic heterocycles. The number of non-ortho nitro benzene ring substituents is 1. The quantitative estimate of drug-likeness (QED) is 0.395. The van der Waals surface area contributed by atoms with Gasteiger partial charge in [0.05, 0.1) is 10.5 Å². The summed E-state index contributed by atoms with van der Waals surface area (Å²) in [6.45, 7) is -0.0164. The van der Waals surface area contributed by atoms with Gasteiger partial charge in [0.2, 0.25) is 0 Å². The normalized spacial score (nSPS) is 10.1. The molecule has 0 saturated carbocycles. The van der Waals surface area contributed by atoms with Crippen molar-refractivity contribution in [2.24, 2.45) is 0 Å². The van der Waals surface area contributed by atoms with Gasteiger partial charge in [0.25, 0.3) is 11.6 Å². The number of hydrogen-bond donors (Lipinski definition) is 1. The molecule has 0 atom stereocenters. The number of anilines is 1. The number of nitro groups is 1. The largest absolute Gasteiger partial charge is 0.457 e. The number of ether oxygens (including phenoxy) is 1. The molecule has 140 valence electrons. The monoisotopic (exact) mass is 376 g/mol. The number of esters is 1. The lowest BCUT2D eigenvalue weighted by atomic mass is 10.1. The molecule has 1 amide bonds. The first-order valence-electron chi connectivity index (χ1n) is 8.40.